The first-order valence-electron chi connectivity index (χ1n) is 6.02. The van der Waals surface area contributed by atoms with E-state index in [2.05, 4.69) is 5.10 Å². The second-order valence-electron chi connectivity index (χ2n) is 4.30. The van der Waals surface area contributed by atoms with Crippen molar-refractivity contribution in [3.8, 4) is 16.9 Å². The molecule has 2 N–H and O–H groups in total. The molecule has 20 heavy (non-hydrogen) atoms. The second-order valence-corrected chi connectivity index (χ2v) is 5.09. The topological polar surface area (TPSA) is 43.8 Å². The molecule has 1 aromatic heterocycles. The quantitative estimate of drug-likeness (QED) is 0.761. The highest BCUT2D eigenvalue weighted by molar-refractivity contribution is 6.43. The van der Waals surface area contributed by atoms with E-state index < -0.39 is 0 Å². The van der Waals surface area contributed by atoms with E-state index in [0.29, 0.717) is 21.6 Å². The summed E-state index contributed by atoms with van der Waals surface area (Å²) in [7, 11) is 0. The van der Waals surface area contributed by atoms with Crippen LogP contribution in [0.1, 0.15) is 0 Å². The maximum Gasteiger partial charge on any atom is 0.127 e. The van der Waals surface area contributed by atoms with Gasteiger partial charge in [0.05, 0.1) is 21.4 Å². The largest absolute Gasteiger partial charge is 0.384 e. The van der Waals surface area contributed by atoms with E-state index in [1.807, 2.05) is 42.5 Å². The fraction of sp³-hybridized carbons (Fsp3) is 0. The van der Waals surface area contributed by atoms with Gasteiger partial charge in [-0.25, -0.2) is 4.68 Å². The van der Waals surface area contributed by atoms with Crippen LogP contribution in [0.25, 0.3) is 16.9 Å². The van der Waals surface area contributed by atoms with Gasteiger partial charge in [-0.2, -0.15) is 5.10 Å². The maximum absolute atomic E-state index is 6.21. The first-order valence-corrected chi connectivity index (χ1v) is 6.78. The summed E-state index contributed by atoms with van der Waals surface area (Å²) in [5.41, 5.74) is 8.38. The van der Waals surface area contributed by atoms with Gasteiger partial charge in [-0.15, -0.1) is 0 Å². The molecular formula is C15H11Cl2N3. The highest BCUT2D eigenvalue weighted by Gasteiger charge is 2.12. The molecule has 100 valence electrons. The highest BCUT2D eigenvalue weighted by Crippen LogP contribution is 2.33. The minimum atomic E-state index is 0.479. The number of hydrogen-bond donors (Lipinski definition) is 1. The van der Waals surface area contributed by atoms with Crippen LogP contribution < -0.4 is 5.73 Å². The highest BCUT2D eigenvalue weighted by atomic mass is 35.5. The lowest BCUT2D eigenvalue weighted by atomic mass is 10.1. The van der Waals surface area contributed by atoms with Crippen molar-refractivity contribution in [3.05, 3.63) is 64.6 Å². The number of nitrogen functional groups attached to an aromatic ring is 1. The molecule has 0 saturated carbocycles. The summed E-state index contributed by atoms with van der Waals surface area (Å²) >= 11 is 12.2. The molecule has 3 nitrogen and oxygen atoms in total. The summed E-state index contributed by atoms with van der Waals surface area (Å²) in [5, 5.41) is 5.48. The number of aromatic nitrogens is 2. The van der Waals surface area contributed by atoms with Crippen molar-refractivity contribution in [1.29, 1.82) is 0 Å². The standard InChI is InChI=1S/C15H11Cl2N3/c16-12-8-4-7-11(15(12)17)13-9-14(18)20(19-13)10-5-2-1-3-6-10/h1-9H,18H2. The van der Waals surface area contributed by atoms with Crippen LogP contribution in [-0.4, -0.2) is 9.78 Å². The van der Waals surface area contributed by atoms with Crippen LogP contribution in [0.2, 0.25) is 10.0 Å². The van der Waals surface area contributed by atoms with Crippen LogP contribution >= 0.6 is 23.2 Å². The van der Waals surface area contributed by atoms with Crippen molar-refractivity contribution in [1.82, 2.24) is 9.78 Å². The third-order valence-electron chi connectivity index (χ3n) is 2.97. The van der Waals surface area contributed by atoms with E-state index >= 15 is 0 Å². The number of nitrogens with two attached hydrogens (primary N) is 1. The van der Waals surface area contributed by atoms with Crippen molar-refractivity contribution < 1.29 is 0 Å². The van der Waals surface area contributed by atoms with Crippen molar-refractivity contribution >= 4 is 29.0 Å². The Morgan fingerprint density at radius 3 is 2.45 bits per heavy atom. The molecule has 0 unspecified atom stereocenters. The summed E-state index contributed by atoms with van der Waals surface area (Å²) in [4.78, 5) is 0. The van der Waals surface area contributed by atoms with Crippen LogP contribution in [0, 0.1) is 0 Å². The Morgan fingerprint density at radius 2 is 1.70 bits per heavy atom. The van der Waals surface area contributed by atoms with E-state index in [1.165, 1.54) is 0 Å². The predicted octanol–water partition coefficient (Wildman–Crippen LogP) is 4.43. The average Bonchev–Trinajstić information content (AvgIpc) is 2.85. The normalized spacial score (nSPS) is 10.7. The second kappa shape index (κ2) is 5.19. The summed E-state index contributed by atoms with van der Waals surface area (Å²) in [6.07, 6.45) is 0. The molecule has 3 rings (SSSR count). The summed E-state index contributed by atoms with van der Waals surface area (Å²) in [6.45, 7) is 0. The van der Waals surface area contributed by atoms with Gasteiger partial charge in [0.1, 0.15) is 5.82 Å². The van der Waals surface area contributed by atoms with E-state index in [1.54, 1.807) is 16.8 Å². The third-order valence-corrected chi connectivity index (χ3v) is 3.78. The molecule has 0 amide bonds. The average molecular weight is 304 g/mol. The zero-order valence-corrected chi connectivity index (χ0v) is 11.9. The minimum Gasteiger partial charge on any atom is -0.384 e. The van der Waals surface area contributed by atoms with Crippen LogP contribution in [0.4, 0.5) is 5.82 Å². The van der Waals surface area contributed by atoms with Gasteiger partial charge >= 0.3 is 0 Å². The number of rotatable bonds is 2. The van der Waals surface area contributed by atoms with Gasteiger partial charge in [-0.05, 0) is 18.2 Å². The van der Waals surface area contributed by atoms with Crippen LogP contribution in [0.15, 0.2) is 54.6 Å². The molecule has 3 aromatic rings. The predicted molar refractivity (Wildman–Crippen MR) is 83.4 cm³/mol. The molecule has 0 aliphatic carbocycles. The van der Waals surface area contributed by atoms with Gasteiger partial charge in [0.2, 0.25) is 0 Å². The Morgan fingerprint density at radius 1 is 0.950 bits per heavy atom. The van der Waals surface area contributed by atoms with E-state index in [-0.39, 0.29) is 0 Å². The molecule has 1 heterocycles. The molecule has 0 spiro atoms. The SMILES string of the molecule is Nc1cc(-c2cccc(Cl)c2Cl)nn1-c1ccccc1. The summed E-state index contributed by atoms with van der Waals surface area (Å²) < 4.78 is 1.67. The van der Waals surface area contributed by atoms with Crippen molar-refractivity contribution in [3.63, 3.8) is 0 Å². The van der Waals surface area contributed by atoms with Crippen LogP contribution in [0.5, 0.6) is 0 Å². The van der Waals surface area contributed by atoms with Crippen LogP contribution in [0.3, 0.4) is 0 Å². The molecule has 2 aromatic carbocycles. The molecular weight excluding hydrogens is 293 g/mol. The Kier molecular flexibility index (Phi) is 3.38. The van der Waals surface area contributed by atoms with Gasteiger partial charge in [-0.1, -0.05) is 53.5 Å². The Bertz CT molecular complexity index is 751. The van der Waals surface area contributed by atoms with Gasteiger partial charge in [0.15, 0.2) is 0 Å². The Balaban J connectivity index is 2.12. The smallest absolute Gasteiger partial charge is 0.127 e. The van der Waals surface area contributed by atoms with Gasteiger partial charge in [0, 0.05) is 11.6 Å². The molecule has 0 saturated heterocycles. The van der Waals surface area contributed by atoms with Crippen LogP contribution in [-0.2, 0) is 0 Å². The molecule has 5 heteroatoms. The van der Waals surface area contributed by atoms with E-state index in [4.69, 9.17) is 28.9 Å². The maximum atomic E-state index is 6.21. The number of hydrogen-bond acceptors (Lipinski definition) is 2. The summed E-state index contributed by atoms with van der Waals surface area (Å²) in [6, 6.07) is 16.9. The Labute approximate surface area is 126 Å². The molecule has 0 bridgehead atoms. The molecule has 0 aliphatic rings. The van der Waals surface area contributed by atoms with Gasteiger partial charge < -0.3 is 5.73 Å². The zero-order chi connectivity index (χ0) is 14.1. The molecule has 0 atom stereocenters. The monoisotopic (exact) mass is 303 g/mol. The molecule has 0 radical (unpaired) electrons. The number of halogens is 2. The third kappa shape index (κ3) is 2.26. The lowest BCUT2D eigenvalue weighted by Crippen LogP contribution is -2.01. The fourth-order valence-electron chi connectivity index (χ4n) is 2.00. The summed E-state index contributed by atoms with van der Waals surface area (Å²) in [5.74, 6) is 0.544. The first kappa shape index (κ1) is 13.0. The van der Waals surface area contributed by atoms with Crippen molar-refractivity contribution in [2.75, 3.05) is 5.73 Å². The van der Waals surface area contributed by atoms with Crippen molar-refractivity contribution in [2.24, 2.45) is 0 Å². The van der Waals surface area contributed by atoms with Gasteiger partial charge in [0.25, 0.3) is 0 Å². The Hall–Kier alpha value is -1.97. The number of anilines is 1. The lowest BCUT2D eigenvalue weighted by molar-refractivity contribution is 0.895. The lowest BCUT2D eigenvalue weighted by Gasteiger charge is -2.03. The number of nitrogens with zero attached hydrogens (tertiary/aromatic N) is 2. The number of benzene rings is 2. The molecule has 0 aliphatic heterocycles. The van der Waals surface area contributed by atoms with E-state index in [0.717, 1.165) is 11.3 Å². The zero-order valence-electron chi connectivity index (χ0n) is 10.4. The first-order chi connectivity index (χ1) is 9.66. The number of para-hydroxylation sites is 1. The fourth-order valence-corrected chi connectivity index (χ4v) is 2.40. The van der Waals surface area contributed by atoms with Gasteiger partial charge in [-0.3, -0.25) is 0 Å². The van der Waals surface area contributed by atoms with Crippen molar-refractivity contribution in [2.45, 2.75) is 0 Å². The molecule has 0 fully saturated rings. The van der Waals surface area contributed by atoms with E-state index in [9.17, 15) is 0 Å². The minimum absolute atomic E-state index is 0.479.